The second-order valence-electron chi connectivity index (χ2n) is 0. The van der Waals surface area contributed by atoms with E-state index < -0.39 is 0 Å². The molecule has 0 aromatic rings. The molecule has 0 aromatic heterocycles. The van der Waals surface area contributed by atoms with Gasteiger partial charge in [0, 0.05) is 16.8 Å². The first kappa shape index (κ1) is 45.2. The molecule has 0 aliphatic heterocycles. The minimum absolute atomic E-state index is 0. The van der Waals surface area contributed by atoms with Crippen molar-refractivity contribution in [3.8, 4) is 0 Å². The SMILES string of the molecule is [BH4-].[Cl-].[Co].[Na+].[Na+]. The van der Waals surface area contributed by atoms with Crippen molar-refractivity contribution in [2.75, 3.05) is 0 Å². The third kappa shape index (κ3) is 19.8. The average molecular weight is 155 g/mol. The van der Waals surface area contributed by atoms with Gasteiger partial charge in [-0.15, -0.1) is 0 Å². The molecule has 0 nitrogen and oxygen atoms in total. The van der Waals surface area contributed by atoms with Crippen molar-refractivity contribution in [2.24, 2.45) is 0 Å². The third-order valence-electron chi connectivity index (χ3n) is 0. The minimum atomic E-state index is 0. The fourth-order valence-corrected chi connectivity index (χ4v) is 0. The zero-order valence-electron chi connectivity index (χ0n) is 2.71. The summed E-state index contributed by atoms with van der Waals surface area (Å²) in [5.74, 6) is 0. The Hall–Kier alpha value is 2.86. The first-order valence-corrected chi connectivity index (χ1v) is 0. The van der Waals surface area contributed by atoms with Crippen LogP contribution in [0, 0.1) is 0 Å². The smallest absolute Gasteiger partial charge is 1.00 e. The van der Waals surface area contributed by atoms with E-state index >= 15 is 0 Å². The second kappa shape index (κ2) is 28.8. The molecule has 0 saturated heterocycles. The van der Waals surface area contributed by atoms with Crippen LogP contribution in [0.5, 0.6) is 0 Å². The van der Waals surface area contributed by atoms with Gasteiger partial charge >= 0.3 is 59.1 Å². The number of hydrogen-bond donors (Lipinski definition) is 0. The molecule has 0 saturated carbocycles. The van der Waals surface area contributed by atoms with Crippen LogP contribution >= 0.6 is 0 Å². The Labute approximate surface area is 95.0 Å². The van der Waals surface area contributed by atoms with Gasteiger partial charge in [-0.1, -0.05) is 8.41 Å². The van der Waals surface area contributed by atoms with Crippen LogP contribution in [0.1, 0.15) is 0 Å². The summed E-state index contributed by atoms with van der Waals surface area (Å²) in [6.45, 7) is 0. The van der Waals surface area contributed by atoms with E-state index in [4.69, 9.17) is 0 Å². The maximum atomic E-state index is 0. The van der Waals surface area contributed by atoms with Gasteiger partial charge in [-0.05, 0) is 0 Å². The van der Waals surface area contributed by atoms with E-state index in [-0.39, 0.29) is 96.7 Å². The van der Waals surface area contributed by atoms with Crippen LogP contribution < -0.4 is 71.5 Å². The Morgan fingerprint density at radius 1 is 0.800 bits per heavy atom. The molecule has 0 aliphatic carbocycles. The first-order chi connectivity index (χ1) is 0. The first-order valence-electron chi connectivity index (χ1n) is 0. The Kier molecular flexibility index (Phi) is 260. The Bertz CT molecular complexity index is 9.61. The normalized spacial score (nSPS) is 0. The van der Waals surface area contributed by atoms with Crippen molar-refractivity contribution in [1.29, 1.82) is 0 Å². The van der Waals surface area contributed by atoms with Crippen molar-refractivity contribution in [3.05, 3.63) is 0 Å². The van der Waals surface area contributed by atoms with Gasteiger partial charge in [0.05, 0.1) is 0 Å². The van der Waals surface area contributed by atoms with E-state index in [1.54, 1.807) is 0 Å². The zero-order valence-corrected chi connectivity index (χ0v) is 8.51. The maximum Gasteiger partial charge on any atom is 1.00 e. The molecule has 0 aromatic carbocycles. The molecule has 5 heavy (non-hydrogen) atoms. The minimum Gasteiger partial charge on any atom is -1.00 e. The summed E-state index contributed by atoms with van der Waals surface area (Å²) in [7, 11) is 0. The van der Waals surface area contributed by atoms with Gasteiger partial charge in [-0.2, -0.15) is 0 Å². The zero-order chi connectivity index (χ0) is 0. The molecule has 25 valence electrons. The van der Waals surface area contributed by atoms with Gasteiger partial charge in [0.25, 0.3) is 0 Å². The van der Waals surface area contributed by atoms with Crippen molar-refractivity contribution < 1.29 is 88.3 Å². The summed E-state index contributed by atoms with van der Waals surface area (Å²) >= 11 is 0. The molecule has 0 rings (SSSR count). The molecule has 0 N–H and O–H groups in total. The average Bonchev–Trinajstić information content (AvgIpc) is 0. The van der Waals surface area contributed by atoms with Crippen molar-refractivity contribution in [2.45, 2.75) is 0 Å². The van der Waals surface area contributed by atoms with Crippen LogP contribution in [0.2, 0.25) is 0 Å². The monoisotopic (exact) mass is 155 g/mol. The summed E-state index contributed by atoms with van der Waals surface area (Å²) < 4.78 is 0. The molecule has 5 heteroatoms. The molecule has 0 unspecified atom stereocenters. The quantitative estimate of drug-likeness (QED) is 0.305. The molecule has 0 heterocycles. The van der Waals surface area contributed by atoms with E-state index in [1.807, 2.05) is 0 Å². The van der Waals surface area contributed by atoms with Crippen LogP contribution in [0.25, 0.3) is 0 Å². The van der Waals surface area contributed by atoms with E-state index in [1.165, 1.54) is 0 Å². The van der Waals surface area contributed by atoms with Crippen LogP contribution in [-0.2, 0) is 16.8 Å². The molecule has 0 aliphatic rings. The summed E-state index contributed by atoms with van der Waals surface area (Å²) in [6, 6.07) is 0. The van der Waals surface area contributed by atoms with E-state index in [9.17, 15) is 0 Å². The van der Waals surface area contributed by atoms with E-state index in [2.05, 4.69) is 0 Å². The fourth-order valence-electron chi connectivity index (χ4n) is 0. The topological polar surface area (TPSA) is 0 Å². The Morgan fingerprint density at radius 2 is 0.800 bits per heavy atom. The van der Waals surface area contributed by atoms with Gasteiger partial charge < -0.3 is 12.4 Å². The van der Waals surface area contributed by atoms with Gasteiger partial charge in [-0.3, -0.25) is 0 Å². The molecular formula is H4BClCoNa2. The molecule has 0 bridgehead atoms. The van der Waals surface area contributed by atoms with Crippen LogP contribution in [-0.4, -0.2) is 8.41 Å². The van der Waals surface area contributed by atoms with Crippen LogP contribution in [0.15, 0.2) is 0 Å². The maximum absolute atomic E-state index is 0. The molecule has 0 fully saturated rings. The summed E-state index contributed by atoms with van der Waals surface area (Å²) in [5.41, 5.74) is 0. The Balaban J connectivity index is 0. The summed E-state index contributed by atoms with van der Waals surface area (Å²) in [4.78, 5) is 0. The largest absolute Gasteiger partial charge is 1.00 e. The molecule has 0 spiro atoms. The Morgan fingerprint density at radius 3 is 0.800 bits per heavy atom. The van der Waals surface area contributed by atoms with Crippen molar-refractivity contribution >= 4 is 8.41 Å². The van der Waals surface area contributed by atoms with E-state index in [0.717, 1.165) is 0 Å². The predicted molar refractivity (Wildman–Crippen MR) is 11.3 cm³/mol. The fraction of sp³-hybridized carbons (Fsp3) is 0. The second-order valence-corrected chi connectivity index (χ2v) is 0. The number of halogens is 1. The van der Waals surface area contributed by atoms with Gasteiger partial charge in [0.15, 0.2) is 0 Å². The van der Waals surface area contributed by atoms with Gasteiger partial charge in [0.1, 0.15) is 0 Å². The third-order valence-corrected chi connectivity index (χ3v) is 0. The number of hydrogen-bond acceptors (Lipinski definition) is 0. The molecule has 0 atom stereocenters. The van der Waals surface area contributed by atoms with Crippen molar-refractivity contribution in [1.82, 2.24) is 0 Å². The van der Waals surface area contributed by atoms with Crippen molar-refractivity contribution in [3.63, 3.8) is 0 Å². The van der Waals surface area contributed by atoms with E-state index in [0.29, 0.717) is 0 Å². The molecular weight excluding hydrogens is 151 g/mol. The summed E-state index contributed by atoms with van der Waals surface area (Å²) in [6.07, 6.45) is 0. The number of rotatable bonds is 0. The van der Waals surface area contributed by atoms with Crippen LogP contribution in [0.3, 0.4) is 0 Å². The summed E-state index contributed by atoms with van der Waals surface area (Å²) in [5, 5.41) is 0. The molecule has 1 radical (unpaired) electrons. The van der Waals surface area contributed by atoms with Crippen LogP contribution in [0.4, 0.5) is 0 Å². The molecule has 0 amide bonds. The predicted octanol–water partition coefficient (Wildman–Crippen LogP) is -10.4. The van der Waals surface area contributed by atoms with Gasteiger partial charge in [-0.25, -0.2) is 0 Å². The van der Waals surface area contributed by atoms with Gasteiger partial charge in [0.2, 0.25) is 0 Å². The standard InChI is InChI=1S/BH4.ClH.Co.2Na/h1H4;1H;;;/q-1;;;2*+1/p-1.